The summed E-state index contributed by atoms with van der Waals surface area (Å²) in [4.78, 5) is 35.6. The summed E-state index contributed by atoms with van der Waals surface area (Å²) >= 11 is 0. The Hall–Kier alpha value is -2.09. The third-order valence-corrected chi connectivity index (χ3v) is 2.89. The van der Waals surface area contributed by atoms with Gasteiger partial charge in [0.1, 0.15) is 19.8 Å². The highest BCUT2D eigenvalue weighted by atomic mass is 16.6. The van der Waals surface area contributed by atoms with Gasteiger partial charge in [-0.15, -0.1) is 0 Å². The van der Waals surface area contributed by atoms with E-state index in [9.17, 15) is 14.4 Å². The first kappa shape index (κ1) is 20.9. The first-order chi connectivity index (χ1) is 11.0. The molecule has 0 fully saturated rings. The Morgan fingerprint density at radius 3 is 2.35 bits per heavy atom. The highest BCUT2D eigenvalue weighted by Gasteiger charge is 2.07. The second kappa shape index (κ2) is 13.6. The van der Waals surface area contributed by atoms with Crippen molar-refractivity contribution in [2.75, 3.05) is 46.0 Å². The van der Waals surface area contributed by atoms with Gasteiger partial charge in [0.25, 0.3) is 0 Å². The van der Waals surface area contributed by atoms with E-state index < -0.39 is 18.0 Å². The van der Waals surface area contributed by atoms with Crippen LogP contribution in [0.1, 0.15) is 20.3 Å². The number of nitrogens with zero attached hydrogens (tertiary/aromatic N) is 1. The zero-order chi connectivity index (χ0) is 17.5. The highest BCUT2D eigenvalue weighted by molar-refractivity contribution is 5.81. The Morgan fingerprint density at radius 1 is 1.04 bits per heavy atom. The molecule has 8 nitrogen and oxygen atoms in total. The smallest absolute Gasteiger partial charge is 0.407 e. The van der Waals surface area contributed by atoms with Crippen molar-refractivity contribution >= 4 is 18.0 Å². The van der Waals surface area contributed by atoms with Crippen molar-refractivity contribution < 1.29 is 28.6 Å². The standard InChI is InChI=1S/C15H26N2O6/c1-4-13(18)21-11-8-16-15(20)23-10-7-14(19)22-12-9-17(5-2)6-3/h4H,1,5-12H2,2-3H3,(H,16,20). The van der Waals surface area contributed by atoms with Crippen molar-refractivity contribution in [1.29, 1.82) is 0 Å². The molecule has 0 aromatic rings. The fraction of sp³-hybridized carbons (Fsp3) is 0.667. The first-order valence-electron chi connectivity index (χ1n) is 7.61. The van der Waals surface area contributed by atoms with Crippen molar-refractivity contribution in [3.8, 4) is 0 Å². The van der Waals surface area contributed by atoms with Gasteiger partial charge in [0.2, 0.25) is 0 Å². The van der Waals surface area contributed by atoms with Crippen LogP contribution >= 0.6 is 0 Å². The largest absolute Gasteiger partial charge is 0.464 e. The molecule has 0 saturated carbocycles. The number of nitrogens with one attached hydrogen (secondary N) is 1. The van der Waals surface area contributed by atoms with E-state index in [1.54, 1.807) is 0 Å². The first-order valence-corrected chi connectivity index (χ1v) is 7.61. The van der Waals surface area contributed by atoms with Gasteiger partial charge in [0.05, 0.1) is 13.0 Å². The molecule has 0 unspecified atom stereocenters. The van der Waals surface area contributed by atoms with Crippen LogP contribution in [0.2, 0.25) is 0 Å². The molecule has 0 aromatic carbocycles. The molecule has 1 N–H and O–H groups in total. The minimum atomic E-state index is -0.685. The van der Waals surface area contributed by atoms with Gasteiger partial charge in [-0.2, -0.15) is 0 Å². The molecular formula is C15H26N2O6. The second-order valence-electron chi connectivity index (χ2n) is 4.43. The van der Waals surface area contributed by atoms with E-state index in [4.69, 9.17) is 9.47 Å². The predicted octanol–water partition coefficient (Wildman–Crippen LogP) is 0.717. The van der Waals surface area contributed by atoms with Gasteiger partial charge in [-0.25, -0.2) is 9.59 Å². The fourth-order valence-corrected chi connectivity index (χ4v) is 1.54. The Morgan fingerprint density at radius 2 is 1.74 bits per heavy atom. The third kappa shape index (κ3) is 12.2. The fourth-order valence-electron chi connectivity index (χ4n) is 1.54. The lowest BCUT2D eigenvalue weighted by Gasteiger charge is -2.17. The number of carbonyl (C=O) groups is 3. The summed E-state index contributed by atoms with van der Waals surface area (Å²) in [6.45, 7) is 10.2. The number of alkyl carbamates (subject to hydrolysis) is 1. The van der Waals surface area contributed by atoms with Gasteiger partial charge in [0.15, 0.2) is 0 Å². The van der Waals surface area contributed by atoms with Gasteiger partial charge < -0.3 is 24.4 Å². The van der Waals surface area contributed by atoms with E-state index >= 15 is 0 Å². The van der Waals surface area contributed by atoms with Gasteiger partial charge >= 0.3 is 18.0 Å². The van der Waals surface area contributed by atoms with Crippen LogP contribution in [-0.2, 0) is 23.8 Å². The molecule has 0 bridgehead atoms. The highest BCUT2D eigenvalue weighted by Crippen LogP contribution is 1.92. The van der Waals surface area contributed by atoms with Gasteiger partial charge in [-0.1, -0.05) is 20.4 Å². The van der Waals surface area contributed by atoms with Crippen LogP contribution in [0.15, 0.2) is 12.7 Å². The van der Waals surface area contributed by atoms with E-state index in [1.165, 1.54) is 0 Å². The van der Waals surface area contributed by atoms with Crippen LogP contribution in [-0.4, -0.2) is 68.9 Å². The molecule has 0 saturated heterocycles. The Bertz CT molecular complexity index is 382. The molecule has 0 aliphatic carbocycles. The molecule has 0 aliphatic rings. The van der Waals surface area contributed by atoms with Crippen LogP contribution in [0, 0.1) is 0 Å². The summed E-state index contributed by atoms with van der Waals surface area (Å²) in [6.07, 6.45) is 0.344. The summed E-state index contributed by atoms with van der Waals surface area (Å²) in [5.74, 6) is -0.975. The maximum Gasteiger partial charge on any atom is 0.407 e. The SMILES string of the molecule is C=CC(=O)OCCNC(=O)OCCC(=O)OCCN(CC)CC. The van der Waals surface area contributed by atoms with Gasteiger partial charge in [-0.05, 0) is 13.1 Å². The van der Waals surface area contributed by atoms with E-state index in [1.807, 2.05) is 13.8 Å². The maximum atomic E-state index is 11.4. The average molecular weight is 330 g/mol. The topological polar surface area (TPSA) is 94.2 Å². The predicted molar refractivity (Wildman–Crippen MR) is 83.9 cm³/mol. The second-order valence-corrected chi connectivity index (χ2v) is 4.43. The Kier molecular flexibility index (Phi) is 12.3. The number of carbonyl (C=O) groups excluding carboxylic acids is 3. The van der Waals surface area contributed by atoms with Crippen molar-refractivity contribution in [2.45, 2.75) is 20.3 Å². The van der Waals surface area contributed by atoms with E-state index in [2.05, 4.69) is 21.5 Å². The lowest BCUT2D eigenvalue weighted by molar-refractivity contribution is -0.144. The van der Waals surface area contributed by atoms with Crippen LogP contribution in [0.25, 0.3) is 0 Å². The molecule has 0 heterocycles. The van der Waals surface area contributed by atoms with E-state index in [-0.39, 0.29) is 26.2 Å². The number of ether oxygens (including phenoxy) is 3. The summed E-state index contributed by atoms with van der Waals surface area (Å²) in [6, 6.07) is 0. The van der Waals surface area contributed by atoms with E-state index in [0.717, 1.165) is 19.2 Å². The molecular weight excluding hydrogens is 304 g/mol. The number of hydrogen-bond acceptors (Lipinski definition) is 7. The lowest BCUT2D eigenvalue weighted by Crippen LogP contribution is -2.29. The molecule has 132 valence electrons. The monoisotopic (exact) mass is 330 g/mol. The molecule has 0 aliphatic heterocycles. The van der Waals surface area contributed by atoms with Crippen molar-refractivity contribution in [3.63, 3.8) is 0 Å². The summed E-state index contributed by atoms with van der Waals surface area (Å²) in [5.41, 5.74) is 0. The van der Waals surface area contributed by atoms with Crippen LogP contribution in [0.5, 0.6) is 0 Å². The molecule has 0 rings (SSSR count). The number of rotatable bonds is 12. The van der Waals surface area contributed by atoms with Gasteiger partial charge in [-0.3, -0.25) is 4.79 Å². The van der Waals surface area contributed by atoms with Gasteiger partial charge in [0, 0.05) is 12.6 Å². The molecule has 0 aromatic heterocycles. The number of esters is 2. The Labute approximate surface area is 136 Å². The van der Waals surface area contributed by atoms with E-state index in [0.29, 0.717) is 13.2 Å². The summed E-state index contributed by atoms with van der Waals surface area (Å²) < 4.78 is 14.5. The summed E-state index contributed by atoms with van der Waals surface area (Å²) in [5, 5.41) is 2.38. The van der Waals surface area contributed by atoms with Crippen LogP contribution in [0.3, 0.4) is 0 Å². The zero-order valence-corrected chi connectivity index (χ0v) is 13.8. The third-order valence-electron chi connectivity index (χ3n) is 2.89. The number of hydrogen-bond donors (Lipinski definition) is 1. The molecule has 0 atom stereocenters. The van der Waals surface area contributed by atoms with Crippen LogP contribution < -0.4 is 5.32 Å². The normalized spacial score (nSPS) is 10.0. The van der Waals surface area contributed by atoms with Crippen molar-refractivity contribution in [2.24, 2.45) is 0 Å². The number of likely N-dealkylation sites (N-methyl/N-ethyl adjacent to an activating group) is 1. The average Bonchev–Trinajstić information content (AvgIpc) is 2.55. The molecule has 23 heavy (non-hydrogen) atoms. The van der Waals surface area contributed by atoms with Crippen LogP contribution in [0.4, 0.5) is 4.79 Å². The minimum absolute atomic E-state index is 0.00286. The number of amides is 1. The van der Waals surface area contributed by atoms with Crippen molar-refractivity contribution in [1.82, 2.24) is 10.2 Å². The maximum absolute atomic E-state index is 11.4. The summed E-state index contributed by atoms with van der Waals surface area (Å²) in [7, 11) is 0. The Balaban J connectivity index is 3.57. The molecule has 1 amide bonds. The molecule has 0 radical (unpaired) electrons. The molecule has 0 spiro atoms. The lowest BCUT2D eigenvalue weighted by atomic mass is 10.4. The quantitative estimate of drug-likeness (QED) is 0.244. The molecule has 8 heteroatoms. The zero-order valence-electron chi connectivity index (χ0n) is 13.8. The minimum Gasteiger partial charge on any atom is -0.464 e. The van der Waals surface area contributed by atoms with Crippen molar-refractivity contribution in [3.05, 3.63) is 12.7 Å².